The highest BCUT2D eigenvalue weighted by Gasteiger charge is 2.28. The van der Waals surface area contributed by atoms with E-state index in [4.69, 9.17) is 22.3 Å². The molecule has 0 aliphatic carbocycles. The van der Waals surface area contributed by atoms with E-state index in [1.54, 1.807) is 0 Å². The Morgan fingerprint density at radius 1 is 0.727 bits per heavy atom. The fourth-order valence-corrected chi connectivity index (χ4v) is 2.88. The Bertz CT molecular complexity index is 661. The third-order valence-electron chi connectivity index (χ3n) is 4.90. The van der Waals surface area contributed by atoms with E-state index >= 15 is 0 Å². The molecule has 190 valence electrons. The summed E-state index contributed by atoms with van der Waals surface area (Å²) in [6, 6.07) is -4.40. The van der Waals surface area contributed by atoms with Gasteiger partial charge in [-0.25, -0.2) is 4.79 Å². The van der Waals surface area contributed by atoms with Crippen LogP contribution in [0.3, 0.4) is 0 Å². The normalized spacial score (nSPS) is 14.4. The number of nitrogens with two attached hydrogens (primary N) is 3. The lowest BCUT2D eigenvalue weighted by Crippen LogP contribution is -2.56. The maximum absolute atomic E-state index is 12.6. The fraction of sp³-hybridized carbons (Fsp3) is 0.750. The summed E-state index contributed by atoms with van der Waals surface area (Å²) in [5.74, 6) is -4.52. The Labute approximate surface area is 193 Å². The van der Waals surface area contributed by atoms with E-state index in [1.165, 1.54) is 6.92 Å². The van der Waals surface area contributed by atoms with Crippen molar-refractivity contribution in [1.29, 1.82) is 0 Å². The number of nitrogens with one attached hydrogen (secondary N) is 3. The molecule has 0 spiro atoms. The summed E-state index contributed by atoms with van der Waals surface area (Å²) in [7, 11) is 0. The summed E-state index contributed by atoms with van der Waals surface area (Å²) in [5.41, 5.74) is 16.6. The molecule has 4 atom stereocenters. The van der Waals surface area contributed by atoms with Gasteiger partial charge in [0.2, 0.25) is 17.7 Å². The molecule has 0 fully saturated rings. The monoisotopic (exact) mass is 474 g/mol. The second-order valence-corrected chi connectivity index (χ2v) is 7.80. The van der Waals surface area contributed by atoms with E-state index < -0.39 is 60.2 Å². The van der Waals surface area contributed by atoms with E-state index in [0.29, 0.717) is 45.2 Å². The van der Waals surface area contributed by atoms with Gasteiger partial charge in [0.05, 0.1) is 6.04 Å². The minimum Gasteiger partial charge on any atom is -0.481 e. The summed E-state index contributed by atoms with van der Waals surface area (Å²) in [4.78, 5) is 59.6. The van der Waals surface area contributed by atoms with E-state index in [9.17, 15) is 29.1 Å². The summed E-state index contributed by atoms with van der Waals surface area (Å²) in [6.07, 6.45) is 2.31. The zero-order valence-corrected chi connectivity index (χ0v) is 19.0. The van der Waals surface area contributed by atoms with Crippen LogP contribution in [0.2, 0.25) is 0 Å². The summed E-state index contributed by atoms with van der Waals surface area (Å²) >= 11 is 0. The average Bonchev–Trinajstić information content (AvgIpc) is 2.75. The van der Waals surface area contributed by atoms with Gasteiger partial charge in [0.1, 0.15) is 18.1 Å². The molecule has 0 aromatic carbocycles. The lowest BCUT2D eigenvalue weighted by molar-refractivity contribution is -0.142. The van der Waals surface area contributed by atoms with Crippen LogP contribution < -0.4 is 33.2 Å². The van der Waals surface area contributed by atoms with E-state index in [1.807, 2.05) is 0 Å². The molecule has 0 aromatic heterocycles. The molecule has 13 heteroatoms. The Hall–Kier alpha value is -2.77. The predicted octanol–water partition coefficient (Wildman–Crippen LogP) is -2.00. The molecule has 0 aliphatic rings. The van der Waals surface area contributed by atoms with Gasteiger partial charge in [0, 0.05) is 6.42 Å². The number of carboxylic acid groups (broad SMARTS) is 2. The van der Waals surface area contributed by atoms with Crippen LogP contribution in [-0.2, 0) is 24.0 Å². The second-order valence-electron chi connectivity index (χ2n) is 7.80. The first-order chi connectivity index (χ1) is 15.5. The van der Waals surface area contributed by atoms with Gasteiger partial charge in [-0.05, 0) is 58.5 Å². The molecular weight excluding hydrogens is 436 g/mol. The zero-order valence-electron chi connectivity index (χ0n) is 19.0. The molecule has 0 aliphatic heterocycles. The third-order valence-corrected chi connectivity index (χ3v) is 4.90. The van der Waals surface area contributed by atoms with Crippen LogP contribution >= 0.6 is 0 Å². The van der Waals surface area contributed by atoms with Gasteiger partial charge in [0.25, 0.3) is 0 Å². The maximum Gasteiger partial charge on any atom is 0.326 e. The van der Waals surface area contributed by atoms with Crippen molar-refractivity contribution in [3.05, 3.63) is 0 Å². The predicted molar refractivity (Wildman–Crippen MR) is 120 cm³/mol. The quantitative estimate of drug-likeness (QED) is 0.102. The van der Waals surface area contributed by atoms with E-state index in [2.05, 4.69) is 16.0 Å². The van der Waals surface area contributed by atoms with Gasteiger partial charge in [-0.1, -0.05) is 6.42 Å². The minimum atomic E-state index is -1.23. The van der Waals surface area contributed by atoms with Crippen LogP contribution in [0.4, 0.5) is 0 Å². The Balaban J connectivity index is 5.02. The van der Waals surface area contributed by atoms with Crippen molar-refractivity contribution in [1.82, 2.24) is 16.0 Å². The number of unbranched alkanes of at least 4 members (excludes halogenated alkanes) is 2. The van der Waals surface area contributed by atoms with Gasteiger partial charge in [-0.3, -0.25) is 19.2 Å². The van der Waals surface area contributed by atoms with Crippen LogP contribution in [0.5, 0.6) is 0 Å². The van der Waals surface area contributed by atoms with Crippen molar-refractivity contribution in [3.8, 4) is 0 Å². The maximum atomic E-state index is 12.6. The van der Waals surface area contributed by atoms with Gasteiger partial charge in [-0.2, -0.15) is 0 Å². The number of carboxylic acids is 2. The topological polar surface area (TPSA) is 240 Å². The lowest BCUT2D eigenvalue weighted by Gasteiger charge is -2.23. The first kappa shape index (κ1) is 30.2. The number of carbonyl (C=O) groups excluding carboxylic acids is 3. The Kier molecular flexibility index (Phi) is 15.4. The molecule has 0 saturated carbocycles. The number of hydrogen-bond acceptors (Lipinski definition) is 8. The molecule has 4 unspecified atom stereocenters. The Morgan fingerprint density at radius 3 is 1.79 bits per heavy atom. The number of amides is 3. The van der Waals surface area contributed by atoms with E-state index in [-0.39, 0.29) is 12.8 Å². The molecule has 13 nitrogen and oxygen atoms in total. The molecule has 0 aromatic rings. The number of aliphatic carboxylic acids is 2. The fourth-order valence-electron chi connectivity index (χ4n) is 2.88. The van der Waals surface area contributed by atoms with E-state index in [0.717, 1.165) is 0 Å². The minimum absolute atomic E-state index is 0.179. The van der Waals surface area contributed by atoms with Crippen molar-refractivity contribution in [3.63, 3.8) is 0 Å². The molecule has 0 rings (SSSR count). The molecular formula is C20H38N6O7. The van der Waals surface area contributed by atoms with Crippen molar-refractivity contribution < 1.29 is 34.2 Å². The van der Waals surface area contributed by atoms with Crippen molar-refractivity contribution in [2.75, 3.05) is 13.1 Å². The summed E-state index contributed by atoms with van der Waals surface area (Å²) in [6.45, 7) is 2.20. The summed E-state index contributed by atoms with van der Waals surface area (Å²) in [5, 5.41) is 25.4. The lowest BCUT2D eigenvalue weighted by atomic mass is 10.1. The van der Waals surface area contributed by atoms with Gasteiger partial charge >= 0.3 is 11.9 Å². The van der Waals surface area contributed by atoms with Crippen LogP contribution in [0.1, 0.15) is 58.3 Å². The largest absolute Gasteiger partial charge is 0.481 e. The van der Waals surface area contributed by atoms with Crippen LogP contribution in [0, 0.1) is 0 Å². The van der Waals surface area contributed by atoms with Crippen LogP contribution in [0.15, 0.2) is 0 Å². The number of rotatable bonds is 18. The second kappa shape index (κ2) is 16.8. The molecule has 0 bridgehead atoms. The zero-order chi connectivity index (χ0) is 25.4. The molecule has 0 saturated heterocycles. The molecule has 3 amide bonds. The standard InChI is InChI=1S/C20H38N6O7/c1-12(17(29)26-15(20(32)33)7-3-5-11-22)24-19(31)14(8-9-16(27)28)25-18(30)13(23)6-2-4-10-21/h12-15H,2-11,21-23H2,1H3,(H,24,31)(H,25,30)(H,26,29)(H,27,28)(H,32,33). The SMILES string of the molecule is CC(NC(=O)C(CCC(=O)O)NC(=O)C(N)CCCCN)C(=O)NC(CCCCN)C(=O)O. The van der Waals surface area contributed by atoms with Crippen molar-refractivity contribution >= 4 is 29.7 Å². The molecule has 0 radical (unpaired) electrons. The highest BCUT2D eigenvalue weighted by molar-refractivity contribution is 5.94. The first-order valence-corrected chi connectivity index (χ1v) is 11.0. The highest BCUT2D eigenvalue weighted by Crippen LogP contribution is 2.04. The highest BCUT2D eigenvalue weighted by atomic mass is 16.4. The van der Waals surface area contributed by atoms with Gasteiger partial charge < -0.3 is 43.4 Å². The third kappa shape index (κ3) is 13.4. The van der Waals surface area contributed by atoms with Gasteiger partial charge in [-0.15, -0.1) is 0 Å². The molecule has 33 heavy (non-hydrogen) atoms. The Morgan fingerprint density at radius 2 is 1.27 bits per heavy atom. The number of hydrogen-bond donors (Lipinski definition) is 8. The average molecular weight is 475 g/mol. The molecule has 11 N–H and O–H groups in total. The van der Waals surface area contributed by atoms with Crippen LogP contribution in [-0.4, -0.2) is 77.1 Å². The summed E-state index contributed by atoms with van der Waals surface area (Å²) < 4.78 is 0. The number of carbonyl (C=O) groups is 5. The van der Waals surface area contributed by atoms with Crippen molar-refractivity contribution in [2.24, 2.45) is 17.2 Å². The van der Waals surface area contributed by atoms with Gasteiger partial charge in [0.15, 0.2) is 0 Å². The smallest absolute Gasteiger partial charge is 0.326 e. The first-order valence-electron chi connectivity index (χ1n) is 11.0. The van der Waals surface area contributed by atoms with Crippen molar-refractivity contribution in [2.45, 2.75) is 82.5 Å². The van der Waals surface area contributed by atoms with Crippen LogP contribution in [0.25, 0.3) is 0 Å². The molecule has 0 heterocycles.